The van der Waals surface area contributed by atoms with Crippen LogP contribution in [0.1, 0.15) is 23.2 Å². The fourth-order valence-corrected chi connectivity index (χ4v) is 3.56. The molecule has 0 aromatic heterocycles. The molecule has 0 radical (unpaired) electrons. The summed E-state index contributed by atoms with van der Waals surface area (Å²) in [5.41, 5.74) is 6.07. The van der Waals surface area contributed by atoms with Gasteiger partial charge in [-0.1, -0.05) is 12.1 Å². The van der Waals surface area contributed by atoms with Crippen molar-refractivity contribution in [2.24, 2.45) is 5.73 Å². The largest absolute Gasteiger partial charge is 0.366 e. The number of carbonyl (C=O) groups excluding carboxylic acids is 3. The molecule has 3 amide bonds. The number of carbonyl (C=O) groups is 3. The lowest BCUT2D eigenvalue weighted by atomic mass is 10.1. The van der Waals surface area contributed by atoms with Crippen molar-refractivity contribution < 1.29 is 14.4 Å². The lowest BCUT2D eigenvalue weighted by molar-refractivity contribution is -0.132. The maximum atomic E-state index is 12.3. The number of nitrogens with one attached hydrogen (secondary N) is 1. The van der Waals surface area contributed by atoms with E-state index in [0.717, 1.165) is 52.1 Å². The average Bonchev–Trinajstić information content (AvgIpc) is 3.18. The molecule has 0 atom stereocenters. The molecule has 2 fully saturated rings. The first kappa shape index (κ1) is 19.3. The van der Waals surface area contributed by atoms with Crippen LogP contribution >= 0.6 is 0 Å². The molecule has 0 bridgehead atoms. The monoisotopic (exact) mass is 373 g/mol. The number of primary amides is 1. The molecule has 8 heteroatoms. The summed E-state index contributed by atoms with van der Waals surface area (Å²) in [6, 6.07) is 6.71. The normalized spacial score (nSPS) is 18.4. The molecule has 1 aromatic rings. The van der Waals surface area contributed by atoms with Gasteiger partial charge in [-0.3, -0.25) is 24.2 Å². The Hall–Kier alpha value is -2.45. The van der Waals surface area contributed by atoms with Crippen LogP contribution in [0.3, 0.4) is 0 Å². The van der Waals surface area contributed by atoms with E-state index in [1.165, 1.54) is 0 Å². The van der Waals surface area contributed by atoms with Crippen LogP contribution < -0.4 is 11.1 Å². The number of benzene rings is 1. The zero-order chi connectivity index (χ0) is 19.2. The quantitative estimate of drug-likeness (QED) is 0.729. The van der Waals surface area contributed by atoms with Gasteiger partial charge in [0.25, 0.3) is 5.91 Å². The fourth-order valence-electron chi connectivity index (χ4n) is 3.56. The maximum Gasteiger partial charge on any atom is 0.250 e. The summed E-state index contributed by atoms with van der Waals surface area (Å²) in [6.45, 7) is 5.48. The van der Waals surface area contributed by atoms with E-state index in [9.17, 15) is 14.4 Å². The Bertz CT molecular complexity index is 694. The Morgan fingerprint density at radius 3 is 2.11 bits per heavy atom. The summed E-state index contributed by atoms with van der Waals surface area (Å²) < 4.78 is 0. The molecular weight excluding hydrogens is 346 g/mol. The van der Waals surface area contributed by atoms with E-state index >= 15 is 0 Å². The first-order valence-electron chi connectivity index (χ1n) is 9.44. The predicted molar refractivity (Wildman–Crippen MR) is 102 cm³/mol. The Labute approximate surface area is 159 Å². The minimum absolute atomic E-state index is 0.176. The maximum absolute atomic E-state index is 12.3. The number of amides is 3. The third kappa shape index (κ3) is 5.27. The van der Waals surface area contributed by atoms with Crippen LogP contribution in [-0.2, 0) is 9.59 Å². The summed E-state index contributed by atoms with van der Waals surface area (Å²) in [6.07, 6.45) is 2.21. The standard InChI is InChI=1S/C19H27N5O3/c20-19(27)15-5-1-2-6-16(15)21-17(25)13-22-9-11-23(12-10-22)14-18(26)24-7-3-4-8-24/h1-2,5-6H,3-4,7-14H2,(H2,20,27)(H,21,25). The molecule has 8 nitrogen and oxygen atoms in total. The molecule has 0 saturated carbocycles. The van der Waals surface area contributed by atoms with E-state index in [-0.39, 0.29) is 18.4 Å². The van der Waals surface area contributed by atoms with E-state index in [4.69, 9.17) is 5.73 Å². The van der Waals surface area contributed by atoms with Crippen LogP contribution in [0.5, 0.6) is 0 Å². The second-order valence-electron chi connectivity index (χ2n) is 7.10. The molecule has 3 N–H and O–H groups in total. The molecule has 2 saturated heterocycles. The lowest BCUT2D eigenvalue weighted by Crippen LogP contribution is -2.51. The van der Waals surface area contributed by atoms with Gasteiger partial charge < -0.3 is 16.0 Å². The highest BCUT2D eigenvalue weighted by atomic mass is 16.2. The highest BCUT2D eigenvalue weighted by Gasteiger charge is 2.24. The van der Waals surface area contributed by atoms with Gasteiger partial charge in [0, 0.05) is 39.3 Å². The van der Waals surface area contributed by atoms with Gasteiger partial charge in [0.15, 0.2) is 0 Å². The van der Waals surface area contributed by atoms with Crippen LogP contribution in [0.2, 0.25) is 0 Å². The number of para-hydroxylation sites is 1. The van der Waals surface area contributed by atoms with E-state index in [0.29, 0.717) is 17.8 Å². The smallest absolute Gasteiger partial charge is 0.250 e. The lowest BCUT2D eigenvalue weighted by Gasteiger charge is -2.34. The number of hydrogen-bond donors (Lipinski definition) is 2. The first-order valence-corrected chi connectivity index (χ1v) is 9.44. The zero-order valence-electron chi connectivity index (χ0n) is 15.5. The van der Waals surface area contributed by atoms with Gasteiger partial charge in [0.2, 0.25) is 11.8 Å². The Morgan fingerprint density at radius 1 is 0.889 bits per heavy atom. The molecule has 2 heterocycles. The van der Waals surface area contributed by atoms with E-state index in [1.807, 2.05) is 4.90 Å². The van der Waals surface area contributed by atoms with Gasteiger partial charge in [0.1, 0.15) is 0 Å². The summed E-state index contributed by atoms with van der Waals surface area (Å²) in [7, 11) is 0. The summed E-state index contributed by atoms with van der Waals surface area (Å²) in [5.74, 6) is -0.533. The van der Waals surface area contributed by atoms with Gasteiger partial charge >= 0.3 is 0 Å². The van der Waals surface area contributed by atoms with Gasteiger partial charge in [0.05, 0.1) is 24.3 Å². The number of nitrogens with two attached hydrogens (primary N) is 1. The van der Waals surface area contributed by atoms with Gasteiger partial charge in [-0.15, -0.1) is 0 Å². The van der Waals surface area contributed by atoms with Crippen molar-refractivity contribution in [3.63, 3.8) is 0 Å². The molecule has 0 unspecified atom stereocenters. The molecule has 146 valence electrons. The van der Waals surface area contributed by atoms with Crippen molar-refractivity contribution in [2.45, 2.75) is 12.8 Å². The number of nitrogens with zero attached hydrogens (tertiary/aromatic N) is 3. The molecule has 0 spiro atoms. The minimum Gasteiger partial charge on any atom is -0.366 e. The average molecular weight is 373 g/mol. The molecule has 1 aromatic carbocycles. The number of rotatable bonds is 6. The minimum atomic E-state index is -0.567. The van der Waals surface area contributed by atoms with Crippen molar-refractivity contribution in [3.05, 3.63) is 29.8 Å². The molecular formula is C19H27N5O3. The Kier molecular flexibility index (Phi) is 6.41. The van der Waals surface area contributed by atoms with Crippen LogP contribution in [0, 0.1) is 0 Å². The summed E-state index contributed by atoms with van der Waals surface area (Å²) in [5, 5.41) is 2.76. The Morgan fingerprint density at radius 2 is 1.48 bits per heavy atom. The van der Waals surface area contributed by atoms with Crippen LogP contribution in [0.4, 0.5) is 5.69 Å². The number of likely N-dealkylation sites (tertiary alicyclic amines) is 1. The Balaban J connectivity index is 1.43. The van der Waals surface area contributed by atoms with Crippen LogP contribution in [0.25, 0.3) is 0 Å². The van der Waals surface area contributed by atoms with Crippen molar-refractivity contribution in [1.82, 2.24) is 14.7 Å². The molecule has 2 aliphatic heterocycles. The van der Waals surface area contributed by atoms with Gasteiger partial charge in [-0.05, 0) is 25.0 Å². The van der Waals surface area contributed by atoms with Crippen LogP contribution in [-0.4, -0.2) is 84.8 Å². The molecule has 27 heavy (non-hydrogen) atoms. The van der Waals surface area contributed by atoms with Crippen molar-refractivity contribution in [2.75, 3.05) is 57.7 Å². The van der Waals surface area contributed by atoms with E-state index < -0.39 is 5.91 Å². The van der Waals surface area contributed by atoms with Gasteiger partial charge in [-0.2, -0.15) is 0 Å². The molecule has 3 rings (SSSR count). The second kappa shape index (κ2) is 8.96. The van der Waals surface area contributed by atoms with Gasteiger partial charge in [-0.25, -0.2) is 0 Å². The van der Waals surface area contributed by atoms with E-state index in [2.05, 4.69) is 15.1 Å². The number of hydrogen-bond acceptors (Lipinski definition) is 5. The predicted octanol–water partition coefficient (Wildman–Crippen LogP) is -0.0360. The third-order valence-corrected chi connectivity index (χ3v) is 5.12. The first-order chi connectivity index (χ1) is 13.0. The summed E-state index contributed by atoms with van der Waals surface area (Å²) in [4.78, 5) is 42.1. The van der Waals surface area contributed by atoms with Crippen molar-refractivity contribution >= 4 is 23.4 Å². The zero-order valence-corrected chi connectivity index (χ0v) is 15.5. The third-order valence-electron chi connectivity index (χ3n) is 5.12. The fraction of sp³-hybridized carbons (Fsp3) is 0.526. The van der Waals surface area contributed by atoms with Crippen LogP contribution in [0.15, 0.2) is 24.3 Å². The van der Waals surface area contributed by atoms with Crippen molar-refractivity contribution in [3.8, 4) is 0 Å². The second-order valence-corrected chi connectivity index (χ2v) is 7.10. The molecule has 0 aliphatic carbocycles. The topological polar surface area (TPSA) is 99.0 Å². The number of piperazine rings is 1. The molecule has 2 aliphatic rings. The van der Waals surface area contributed by atoms with E-state index in [1.54, 1.807) is 24.3 Å². The SMILES string of the molecule is NC(=O)c1ccccc1NC(=O)CN1CCN(CC(=O)N2CCCC2)CC1. The van der Waals surface area contributed by atoms with Crippen molar-refractivity contribution in [1.29, 1.82) is 0 Å². The highest BCUT2D eigenvalue weighted by molar-refractivity contribution is 6.03. The summed E-state index contributed by atoms with van der Waals surface area (Å²) >= 11 is 0. The highest BCUT2D eigenvalue weighted by Crippen LogP contribution is 2.14. The number of anilines is 1.